The Morgan fingerprint density at radius 2 is 1.79 bits per heavy atom. The zero-order valence-electron chi connectivity index (χ0n) is 15.6. The van der Waals surface area contributed by atoms with Crippen LogP contribution >= 0.6 is 11.6 Å². The quantitative estimate of drug-likeness (QED) is 0.720. The second-order valence-corrected chi connectivity index (χ2v) is 8.63. The normalized spacial score (nSPS) is 13.6. The van der Waals surface area contributed by atoms with Crippen LogP contribution in [0.25, 0.3) is 0 Å². The van der Waals surface area contributed by atoms with Crippen molar-refractivity contribution >= 4 is 33.2 Å². The number of carbonyl (C=O) groups is 1. The summed E-state index contributed by atoms with van der Waals surface area (Å²) in [6, 6.07) is 7.54. The Hall–Kier alpha value is -2.19. The molecule has 9 heteroatoms. The predicted octanol–water partition coefficient (Wildman–Crippen LogP) is 4.04. The smallest absolute Gasteiger partial charge is 0.244 e. The molecule has 0 saturated carbocycles. The van der Waals surface area contributed by atoms with Gasteiger partial charge in [-0.3, -0.25) is 9.10 Å². The summed E-state index contributed by atoms with van der Waals surface area (Å²) in [5, 5.41) is 2.49. The molecule has 0 aliphatic carbocycles. The lowest BCUT2D eigenvalue weighted by atomic mass is 10.1. The van der Waals surface area contributed by atoms with Crippen LogP contribution < -0.4 is 9.62 Å². The lowest BCUT2D eigenvalue weighted by molar-refractivity contribution is -0.122. The van der Waals surface area contributed by atoms with Gasteiger partial charge in [0.15, 0.2) is 0 Å². The predicted molar refractivity (Wildman–Crippen MR) is 106 cm³/mol. The number of hydrogen-bond acceptors (Lipinski definition) is 3. The van der Waals surface area contributed by atoms with Crippen LogP contribution in [0.15, 0.2) is 42.5 Å². The summed E-state index contributed by atoms with van der Waals surface area (Å²) in [6.07, 6.45) is 1.13. The fraction of sp³-hybridized carbons (Fsp3) is 0.316. The monoisotopic (exact) mass is 430 g/mol. The first-order chi connectivity index (χ1) is 13.0. The minimum atomic E-state index is -3.87. The Kier molecular flexibility index (Phi) is 7.01. The summed E-state index contributed by atoms with van der Waals surface area (Å²) >= 11 is 5.78. The van der Waals surface area contributed by atoms with Crippen molar-refractivity contribution in [2.24, 2.45) is 0 Å². The van der Waals surface area contributed by atoms with Crippen molar-refractivity contribution in [3.63, 3.8) is 0 Å². The van der Waals surface area contributed by atoms with E-state index in [0.717, 1.165) is 22.7 Å². The molecule has 152 valence electrons. The van der Waals surface area contributed by atoms with Crippen LogP contribution in [0.2, 0.25) is 5.02 Å². The van der Waals surface area contributed by atoms with Crippen molar-refractivity contribution in [3.8, 4) is 0 Å². The second-order valence-electron chi connectivity index (χ2n) is 6.36. The maximum atomic E-state index is 13.5. The largest absolute Gasteiger partial charge is 0.348 e. The summed E-state index contributed by atoms with van der Waals surface area (Å²) in [5.41, 5.74) is 0.755. The molecular weight excluding hydrogens is 410 g/mol. The summed E-state index contributed by atoms with van der Waals surface area (Å²) in [7, 11) is -3.87. The van der Waals surface area contributed by atoms with Crippen molar-refractivity contribution in [2.45, 2.75) is 32.4 Å². The number of rotatable bonds is 7. The molecule has 0 saturated heterocycles. The molecule has 0 bridgehead atoms. The Balaban J connectivity index is 2.33. The van der Waals surface area contributed by atoms with E-state index in [4.69, 9.17) is 11.6 Å². The van der Waals surface area contributed by atoms with Crippen molar-refractivity contribution in [1.82, 2.24) is 5.32 Å². The number of halogens is 3. The first-order valence-corrected chi connectivity index (χ1v) is 10.8. The molecule has 2 atom stereocenters. The molecule has 1 amide bonds. The van der Waals surface area contributed by atoms with Crippen molar-refractivity contribution in [3.05, 3.63) is 64.7 Å². The van der Waals surface area contributed by atoms with Gasteiger partial charge in [0.1, 0.15) is 17.7 Å². The van der Waals surface area contributed by atoms with Crippen LogP contribution in [0.1, 0.15) is 31.9 Å². The van der Waals surface area contributed by atoms with Gasteiger partial charge in [0.05, 0.1) is 23.0 Å². The van der Waals surface area contributed by atoms with Gasteiger partial charge in [-0.25, -0.2) is 17.2 Å². The highest BCUT2D eigenvalue weighted by Gasteiger charge is 2.32. The Morgan fingerprint density at radius 1 is 1.18 bits per heavy atom. The van der Waals surface area contributed by atoms with Crippen LogP contribution in [-0.2, 0) is 14.8 Å². The van der Waals surface area contributed by atoms with Gasteiger partial charge < -0.3 is 5.32 Å². The Morgan fingerprint density at radius 3 is 2.29 bits per heavy atom. The molecule has 2 unspecified atom stereocenters. The summed E-state index contributed by atoms with van der Waals surface area (Å²) in [5.74, 6) is -1.63. The zero-order chi connectivity index (χ0) is 21.1. The van der Waals surface area contributed by atoms with E-state index in [1.807, 2.05) is 0 Å². The molecule has 1 N–H and O–H groups in total. The SMILES string of the molecule is CCC(C(=O)NC(C)c1ccc(F)cc1)N(c1ccc(F)c(Cl)c1)S(C)(=O)=O. The van der Waals surface area contributed by atoms with E-state index in [1.54, 1.807) is 13.8 Å². The molecule has 0 spiro atoms. The Bertz CT molecular complexity index is 952. The summed E-state index contributed by atoms with van der Waals surface area (Å²) in [6.45, 7) is 3.37. The molecule has 28 heavy (non-hydrogen) atoms. The number of nitrogens with one attached hydrogen (secondary N) is 1. The van der Waals surface area contributed by atoms with Crippen molar-refractivity contribution < 1.29 is 22.0 Å². The molecule has 2 rings (SSSR count). The number of carbonyl (C=O) groups excluding carboxylic acids is 1. The van der Waals surface area contributed by atoms with Gasteiger partial charge in [0.25, 0.3) is 0 Å². The van der Waals surface area contributed by atoms with Crippen molar-refractivity contribution in [1.29, 1.82) is 0 Å². The molecule has 0 heterocycles. The minimum Gasteiger partial charge on any atom is -0.348 e. The van der Waals surface area contributed by atoms with E-state index >= 15 is 0 Å². The third kappa shape index (κ3) is 5.20. The average Bonchev–Trinajstić information content (AvgIpc) is 2.61. The van der Waals surface area contributed by atoms with E-state index in [2.05, 4.69) is 5.32 Å². The van der Waals surface area contributed by atoms with Gasteiger partial charge in [0.2, 0.25) is 15.9 Å². The van der Waals surface area contributed by atoms with Gasteiger partial charge in [-0.1, -0.05) is 30.7 Å². The van der Waals surface area contributed by atoms with Gasteiger partial charge >= 0.3 is 0 Å². The van der Waals surface area contributed by atoms with Crippen LogP contribution in [0.4, 0.5) is 14.5 Å². The van der Waals surface area contributed by atoms with Crippen LogP contribution in [0, 0.1) is 11.6 Å². The maximum Gasteiger partial charge on any atom is 0.244 e. The van der Waals surface area contributed by atoms with E-state index < -0.39 is 39.6 Å². The highest BCUT2D eigenvalue weighted by atomic mass is 35.5. The third-order valence-corrected chi connectivity index (χ3v) is 5.69. The van der Waals surface area contributed by atoms with E-state index in [0.29, 0.717) is 5.56 Å². The fourth-order valence-electron chi connectivity index (χ4n) is 2.83. The van der Waals surface area contributed by atoms with Gasteiger partial charge in [-0.05, 0) is 49.2 Å². The number of hydrogen-bond donors (Lipinski definition) is 1. The zero-order valence-corrected chi connectivity index (χ0v) is 17.2. The first-order valence-electron chi connectivity index (χ1n) is 8.55. The molecule has 2 aromatic rings. The standard InChI is InChI=1S/C19H21ClF2N2O3S/c1-4-18(19(25)23-12(2)13-5-7-14(21)8-6-13)24(28(3,26)27)15-9-10-17(22)16(20)11-15/h5-12,18H,4H2,1-3H3,(H,23,25). The topological polar surface area (TPSA) is 66.5 Å². The first kappa shape index (κ1) is 22.1. The van der Waals surface area contributed by atoms with Crippen LogP contribution in [-0.4, -0.2) is 26.6 Å². The number of benzene rings is 2. The van der Waals surface area contributed by atoms with Crippen LogP contribution in [0.3, 0.4) is 0 Å². The molecule has 5 nitrogen and oxygen atoms in total. The van der Waals surface area contributed by atoms with Crippen molar-refractivity contribution in [2.75, 3.05) is 10.6 Å². The summed E-state index contributed by atoms with van der Waals surface area (Å²) in [4.78, 5) is 12.8. The lowest BCUT2D eigenvalue weighted by Crippen LogP contribution is -2.49. The molecule has 2 aromatic carbocycles. The van der Waals surface area contributed by atoms with E-state index in [-0.39, 0.29) is 17.1 Å². The van der Waals surface area contributed by atoms with Crippen LogP contribution in [0.5, 0.6) is 0 Å². The molecule has 0 radical (unpaired) electrons. The highest BCUT2D eigenvalue weighted by Crippen LogP contribution is 2.27. The number of amides is 1. The van der Waals surface area contributed by atoms with Gasteiger partial charge in [0, 0.05) is 0 Å². The molecule has 0 fully saturated rings. The molecule has 0 aliphatic rings. The number of anilines is 1. The molecular formula is C19H21ClF2N2O3S. The average molecular weight is 431 g/mol. The number of sulfonamides is 1. The van der Waals surface area contributed by atoms with E-state index in [1.165, 1.54) is 30.3 Å². The van der Waals surface area contributed by atoms with Gasteiger partial charge in [-0.15, -0.1) is 0 Å². The van der Waals surface area contributed by atoms with E-state index in [9.17, 15) is 22.0 Å². The third-order valence-electron chi connectivity index (χ3n) is 4.22. The van der Waals surface area contributed by atoms with Gasteiger partial charge in [-0.2, -0.15) is 0 Å². The second kappa shape index (κ2) is 8.87. The maximum absolute atomic E-state index is 13.5. The highest BCUT2D eigenvalue weighted by molar-refractivity contribution is 7.92. The minimum absolute atomic E-state index is 0.0883. The lowest BCUT2D eigenvalue weighted by Gasteiger charge is -2.31. The fourth-order valence-corrected chi connectivity index (χ4v) is 4.21. The summed E-state index contributed by atoms with van der Waals surface area (Å²) < 4.78 is 52.3. The number of nitrogens with zero attached hydrogens (tertiary/aromatic N) is 1. The molecule has 0 aromatic heterocycles. The Labute approximate surface area is 168 Å². The molecule has 0 aliphatic heterocycles.